The Morgan fingerprint density at radius 2 is 2.08 bits per heavy atom. The molecule has 2 aromatic rings. The Labute approximate surface area is 138 Å². The van der Waals surface area contributed by atoms with E-state index >= 15 is 0 Å². The molecule has 1 amide bonds. The van der Waals surface area contributed by atoms with Gasteiger partial charge in [-0.25, -0.2) is 17.9 Å². The Hall–Kier alpha value is -2.33. The molecule has 1 atom stereocenters. The normalized spacial score (nSPS) is 19.1. The van der Waals surface area contributed by atoms with Crippen molar-refractivity contribution in [1.29, 1.82) is 0 Å². The van der Waals surface area contributed by atoms with Gasteiger partial charge in [0.2, 0.25) is 21.9 Å². The molecular formula is C14H16FN5O3S. The van der Waals surface area contributed by atoms with Gasteiger partial charge in [-0.3, -0.25) is 10.1 Å². The number of carbonyl (C=O) groups excluding carboxylic acids is 1. The molecule has 0 radical (unpaired) electrons. The van der Waals surface area contributed by atoms with Crippen molar-refractivity contribution < 1.29 is 17.6 Å². The number of piperidine rings is 1. The van der Waals surface area contributed by atoms with Gasteiger partial charge in [0.1, 0.15) is 12.1 Å². The van der Waals surface area contributed by atoms with E-state index in [4.69, 9.17) is 0 Å². The highest BCUT2D eigenvalue weighted by atomic mass is 32.2. The van der Waals surface area contributed by atoms with E-state index < -0.39 is 21.8 Å². The second kappa shape index (κ2) is 6.65. The minimum absolute atomic E-state index is 0.0141. The predicted octanol–water partition coefficient (Wildman–Crippen LogP) is 0.983. The first kappa shape index (κ1) is 16.5. The van der Waals surface area contributed by atoms with Crippen LogP contribution in [-0.4, -0.2) is 46.9 Å². The average Bonchev–Trinajstić information content (AvgIpc) is 3.08. The molecule has 0 bridgehead atoms. The van der Waals surface area contributed by atoms with Crippen molar-refractivity contribution in [3.05, 3.63) is 36.4 Å². The molecule has 0 saturated carbocycles. The van der Waals surface area contributed by atoms with E-state index in [2.05, 4.69) is 20.5 Å². The summed E-state index contributed by atoms with van der Waals surface area (Å²) in [6.45, 7) is 0.394. The quantitative estimate of drug-likeness (QED) is 0.852. The lowest BCUT2D eigenvalue weighted by atomic mass is 9.99. The fraction of sp³-hybridized carbons (Fsp3) is 0.357. The Kier molecular flexibility index (Phi) is 4.58. The molecule has 1 aromatic carbocycles. The summed E-state index contributed by atoms with van der Waals surface area (Å²) in [5, 5.41) is 8.72. The molecular weight excluding hydrogens is 337 g/mol. The molecule has 2 heterocycles. The third kappa shape index (κ3) is 3.44. The molecule has 128 valence electrons. The number of hydrogen-bond acceptors (Lipinski definition) is 5. The third-order valence-corrected chi connectivity index (χ3v) is 5.74. The van der Waals surface area contributed by atoms with Gasteiger partial charge < -0.3 is 0 Å². The minimum Gasteiger partial charge on any atom is -0.295 e. The molecule has 8 nitrogen and oxygen atoms in total. The second-order valence-electron chi connectivity index (χ2n) is 5.48. The lowest BCUT2D eigenvalue weighted by molar-refractivity contribution is -0.120. The molecule has 0 aliphatic carbocycles. The van der Waals surface area contributed by atoms with Gasteiger partial charge in [-0.1, -0.05) is 0 Å². The van der Waals surface area contributed by atoms with Crippen molar-refractivity contribution in [1.82, 2.24) is 19.5 Å². The number of rotatable bonds is 4. The topological polar surface area (TPSA) is 108 Å². The molecule has 1 aliphatic heterocycles. The summed E-state index contributed by atoms with van der Waals surface area (Å²) in [5.74, 6) is -1.08. The highest BCUT2D eigenvalue weighted by molar-refractivity contribution is 7.89. The van der Waals surface area contributed by atoms with Crippen LogP contribution in [0.1, 0.15) is 12.8 Å². The van der Waals surface area contributed by atoms with Gasteiger partial charge in [0.25, 0.3) is 0 Å². The van der Waals surface area contributed by atoms with Crippen LogP contribution in [0, 0.1) is 11.7 Å². The maximum Gasteiger partial charge on any atom is 0.243 e. The van der Waals surface area contributed by atoms with Gasteiger partial charge in [0.05, 0.1) is 10.8 Å². The summed E-state index contributed by atoms with van der Waals surface area (Å²) in [7, 11) is -3.76. The van der Waals surface area contributed by atoms with Crippen LogP contribution >= 0.6 is 0 Å². The van der Waals surface area contributed by atoms with Crippen LogP contribution in [0.15, 0.2) is 35.5 Å². The molecule has 0 spiro atoms. The standard InChI is InChI=1S/C14H16FN5O3S/c15-11-3-5-12(6-4-11)24(22,23)20-7-1-2-10(8-20)13(21)18-14-16-9-17-19-14/h3-6,9-10H,1-2,7-8H2,(H2,16,17,18,19,21). The van der Waals surface area contributed by atoms with Gasteiger partial charge in [-0.05, 0) is 37.1 Å². The van der Waals surface area contributed by atoms with Crippen LogP contribution in [0.3, 0.4) is 0 Å². The fourth-order valence-electron chi connectivity index (χ4n) is 2.61. The molecule has 1 aromatic heterocycles. The highest BCUT2D eigenvalue weighted by Gasteiger charge is 2.33. The largest absolute Gasteiger partial charge is 0.295 e. The number of nitrogens with zero attached hydrogens (tertiary/aromatic N) is 3. The molecule has 10 heteroatoms. The van der Waals surface area contributed by atoms with Gasteiger partial charge in [0.15, 0.2) is 0 Å². The number of aromatic nitrogens is 3. The number of nitrogens with one attached hydrogen (secondary N) is 2. The first-order chi connectivity index (χ1) is 11.5. The zero-order valence-electron chi connectivity index (χ0n) is 12.6. The first-order valence-electron chi connectivity index (χ1n) is 7.39. The number of sulfonamides is 1. The molecule has 1 unspecified atom stereocenters. The Bertz CT molecular complexity index is 807. The fourth-order valence-corrected chi connectivity index (χ4v) is 4.14. The molecule has 1 fully saturated rings. The van der Waals surface area contributed by atoms with Crippen LogP contribution in [-0.2, 0) is 14.8 Å². The third-order valence-electron chi connectivity index (χ3n) is 3.86. The second-order valence-corrected chi connectivity index (χ2v) is 7.42. The lowest BCUT2D eigenvalue weighted by Gasteiger charge is -2.31. The maximum absolute atomic E-state index is 13.0. The molecule has 3 rings (SSSR count). The van der Waals surface area contributed by atoms with Crippen LogP contribution < -0.4 is 5.32 Å². The summed E-state index contributed by atoms with van der Waals surface area (Å²) in [4.78, 5) is 16.1. The van der Waals surface area contributed by atoms with Crippen LogP contribution in [0.2, 0.25) is 0 Å². The van der Waals surface area contributed by atoms with Crippen LogP contribution in [0.5, 0.6) is 0 Å². The summed E-state index contributed by atoms with van der Waals surface area (Å²) in [6.07, 6.45) is 2.41. The Morgan fingerprint density at radius 3 is 2.75 bits per heavy atom. The number of carbonyl (C=O) groups is 1. The average molecular weight is 353 g/mol. The van der Waals surface area contributed by atoms with Crippen molar-refractivity contribution in [3.63, 3.8) is 0 Å². The summed E-state index contributed by atoms with van der Waals surface area (Å²) in [5.41, 5.74) is 0. The summed E-state index contributed by atoms with van der Waals surface area (Å²) < 4.78 is 39.5. The highest BCUT2D eigenvalue weighted by Crippen LogP contribution is 2.24. The smallest absolute Gasteiger partial charge is 0.243 e. The van der Waals surface area contributed by atoms with Gasteiger partial charge in [0, 0.05) is 13.1 Å². The van der Waals surface area contributed by atoms with Gasteiger partial charge in [-0.2, -0.15) is 14.4 Å². The Balaban J connectivity index is 1.72. The zero-order chi connectivity index (χ0) is 17.2. The van der Waals surface area contributed by atoms with Gasteiger partial charge in [-0.15, -0.1) is 0 Å². The van der Waals surface area contributed by atoms with Gasteiger partial charge >= 0.3 is 0 Å². The predicted molar refractivity (Wildman–Crippen MR) is 82.9 cm³/mol. The number of halogens is 1. The maximum atomic E-state index is 13.0. The van der Waals surface area contributed by atoms with E-state index in [1.165, 1.54) is 22.8 Å². The minimum atomic E-state index is -3.76. The van der Waals surface area contributed by atoms with Crippen molar-refractivity contribution in [2.24, 2.45) is 5.92 Å². The first-order valence-corrected chi connectivity index (χ1v) is 8.83. The van der Waals surface area contributed by atoms with Crippen molar-refractivity contribution >= 4 is 21.9 Å². The van der Waals surface area contributed by atoms with E-state index in [-0.39, 0.29) is 23.3 Å². The molecule has 24 heavy (non-hydrogen) atoms. The molecule has 1 saturated heterocycles. The monoisotopic (exact) mass is 353 g/mol. The Morgan fingerprint density at radius 1 is 1.33 bits per heavy atom. The van der Waals surface area contributed by atoms with Crippen molar-refractivity contribution in [2.45, 2.75) is 17.7 Å². The summed E-state index contributed by atoms with van der Waals surface area (Å²) in [6, 6.07) is 4.65. The van der Waals surface area contributed by atoms with Crippen molar-refractivity contribution in [2.75, 3.05) is 18.4 Å². The van der Waals surface area contributed by atoms with E-state index in [0.29, 0.717) is 19.4 Å². The number of anilines is 1. The van der Waals surface area contributed by atoms with E-state index in [9.17, 15) is 17.6 Å². The van der Waals surface area contributed by atoms with Crippen LogP contribution in [0.4, 0.5) is 10.3 Å². The number of benzene rings is 1. The number of aromatic amines is 1. The number of H-pyrrole nitrogens is 1. The summed E-state index contributed by atoms with van der Waals surface area (Å²) >= 11 is 0. The zero-order valence-corrected chi connectivity index (χ0v) is 13.5. The van der Waals surface area contributed by atoms with Crippen molar-refractivity contribution in [3.8, 4) is 0 Å². The molecule has 1 aliphatic rings. The van der Waals surface area contributed by atoms with Crippen LogP contribution in [0.25, 0.3) is 0 Å². The lowest BCUT2D eigenvalue weighted by Crippen LogP contribution is -2.43. The van der Waals surface area contributed by atoms with E-state index in [1.54, 1.807) is 0 Å². The number of amides is 1. The van der Waals surface area contributed by atoms with E-state index in [0.717, 1.165) is 12.1 Å². The molecule has 2 N–H and O–H groups in total. The SMILES string of the molecule is O=C(Nc1ncn[nH]1)C1CCCN(S(=O)(=O)c2ccc(F)cc2)C1. The van der Waals surface area contributed by atoms with E-state index in [1.807, 2.05) is 0 Å². The number of hydrogen-bond donors (Lipinski definition) is 2.